The second kappa shape index (κ2) is 5.98. The van der Waals surface area contributed by atoms with Crippen LogP contribution in [0, 0.1) is 13.8 Å². The normalized spacial score (nSPS) is 14.4. The molecule has 0 aliphatic carbocycles. The van der Waals surface area contributed by atoms with Gasteiger partial charge in [0.1, 0.15) is 11.5 Å². The second-order valence-corrected chi connectivity index (χ2v) is 7.97. The van der Waals surface area contributed by atoms with Gasteiger partial charge in [-0.25, -0.2) is 8.42 Å². The molecule has 0 unspecified atom stereocenters. The van der Waals surface area contributed by atoms with E-state index in [0.717, 1.165) is 18.4 Å². The van der Waals surface area contributed by atoms with Gasteiger partial charge in [-0.05, 0) is 50.5 Å². The molecule has 0 bridgehead atoms. The van der Waals surface area contributed by atoms with Gasteiger partial charge >= 0.3 is 0 Å². The van der Waals surface area contributed by atoms with Gasteiger partial charge in [-0.15, -0.1) is 0 Å². The molecule has 1 aromatic carbocycles. The molecule has 0 spiro atoms. The van der Waals surface area contributed by atoms with E-state index in [1.165, 1.54) is 10.6 Å². The first-order valence-corrected chi connectivity index (χ1v) is 9.59. The molecule has 7 heteroatoms. The Labute approximate surface area is 141 Å². The number of fused-ring (bicyclic) bond motifs is 1. The van der Waals surface area contributed by atoms with E-state index in [-0.39, 0.29) is 5.91 Å². The number of sulfonamides is 1. The van der Waals surface area contributed by atoms with Crippen molar-refractivity contribution in [1.29, 1.82) is 0 Å². The molecule has 0 atom stereocenters. The summed E-state index contributed by atoms with van der Waals surface area (Å²) in [4.78, 5) is 12.4. The Morgan fingerprint density at radius 3 is 2.62 bits per heavy atom. The highest BCUT2D eigenvalue weighted by atomic mass is 32.2. The summed E-state index contributed by atoms with van der Waals surface area (Å²) in [7, 11) is -3.33. The lowest BCUT2D eigenvalue weighted by Gasteiger charge is -2.29. The molecule has 1 aliphatic rings. The maximum Gasteiger partial charge on any atom is 0.259 e. The lowest BCUT2D eigenvalue weighted by atomic mass is 10.0. The van der Waals surface area contributed by atoms with Crippen LogP contribution in [0.3, 0.4) is 0 Å². The van der Waals surface area contributed by atoms with Crippen LogP contribution in [0.4, 0.5) is 11.4 Å². The smallest absolute Gasteiger partial charge is 0.259 e. The molecular formula is C17H20N2O4S. The summed E-state index contributed by atoms with van der Waals surface area (Å²) in [6.07, 6.45) is 2.82. The molecule has 1 aliphatic heterocycles. The van der Waals surface area contributed by atoms with Crippen molar-refractivity contribution in [2.24, 2.45) is 0 Å². The molecular weight excluding hydrogens is 328 g/mol. The number of carbonyl (C=O) groups excluding carboxylic acids is 1. The van der Waals surface area contributed by atoms with Crippen molar-refractivity contribution in [3.05, 3.63) is 46.9 Å². The van der Waals surface area contributed by atoms with E-state index in [9.17, 15) is 13.2 Å². The highest BCUT2D eigenvalue weighted by molar-refractivity contribution is 7.92. The van der Waals surface area contributed by atoms with Crippen LogP contribution in [-0.4, -0.2) is 27.1 Å². The molecule has 0 saturated carbocycles. The molecule has 2 heterocycles. The van der Waals surface area contributed by atoms with Gasteiger partial charge < -0.3 is 9.73 Å². The Kier molecular flexibility index (Phi) is 4.13. The van der Waals surface area contributed by atoms with Crippen molar-refractivity contribution in [3.8, 4) is 0 Å². The molecule has 0 fully saturated rings. The third kappa shape index (κ3) is 3.17. The molecule has 0 saturated heterocycles. The Balaban J connectivity index is 1.91. The van der Waals surface area contributed by atoms with E-state index >= 15 is 0 Å². The van der Waals surface area contributed by atoms with Crippen LogP contribution in [0.25, 0.3) is 0 Å². The van der Waals surface area contributed by atoms with Crippen LogP contribution in [0.1, 0.15) is 33.9 Å². The molecule has 1 amide bonds. The van der Waals surface area contributed by atoms with Gasteiger partial charge in [0.05, 0.1) is 17.5 Å². The fourth-order valence-electron chi connectivity index (χ4n) is 3.02. The monoisotopic (exact) mass is 348 g/mol. The zero-order chi connectivity index (χ0) is 17.5. The third-order valence-electron chi connectivity index (χ3n) is 4.11. The molecule has 24 heavy (non-hydrogen) atoms. The van der Waals surface area contributed by atoms with E-state index < -0.39 is 10.0 Å². The van der Waals surface area contributed by atoms with Crippen molar-refractivity contribution < 1.29 is 17.6 Å². The molecule has 3 rings (SSSR count). The highest BCUT2D eigenvalue weighted by Crippen LogP contribution is 2.32. The van der Waals surface area contributed by atoms with Crippen LogP contribution >= 0.6 is 0 Å². The summed E-state index contributed by atoms with van der Waals surface area (Å²) >= 11 is 0. The van der Waals surface area contributed by atoms with Crippen LogP contribution < -0.4 is 9.62 Å². The minimum absolute atomic E-state index is 0.272. The molecule has 0 radical (unpaired) electrons. The predicted octanol–water partition coefficient (Wildman–Crippen LogP) is 2.86. The minimum Gasteiger partial charge on any atom is -0.466 e. The first-order chi connectivity index (χ1) is 11.3. The Morgan fingerprint density at radius 1 is 1.25 bits per heavy atom. The summed E-state index contributed by atoms with van der Waals surface area (Å²) < 4.78 is 30.7. The summed E-state index contributed by atoms with van der Waals surface area (Å²) in [6.45, 7) is 3.98. The zero-order valence-corrected chi connectivity index (χ0v) is 14.7. The number of benzene rings is 1. The van der Waals surface area contributed by atoms with Gasteiger partial charge in [0.2, 0.25) is 10.0 Å². The van der Waals surface area contributed by atoms with E-state index in [0.29, 0.717) is 35.0 Å². The first kappa shape index (κ1) is 16.6. The quantitative estimate of drug-likeness (QED) is 0.925. The summed E-state index contributed by atoms with van der Waals surface area (Å²) in [5.74, 6) is 0.957. The Hall–Kier alpha value is -2.28. The number of anilines is 2. The standard InChI is InChI=1S/C17H20N2O4S/c1-11-9-15(12(2)23-11)17(20)18-14-7-6-13-5-4-8-19(16(13)10-14)24(3,21)22/h6-7,9-10H,4-5,8H2,1-3H3,(H,18,20). The van der Waals surface area contributed by atoms with Crippen LogP contribution in [0.5, 0.6) is 0 Å². The summed E-state index contributed by atoms with van der Waals surface area (Å²) in [5, 5.41) is 2.81. The fourth-order valence-corrected chi connectivity index (χ4v) is 4.01. The summed E-state index contributed by atoms with van der Waals surface area (Å²) in [5.41, 5.74) is 2.65. The number of furan rings is 1. The van der Waals surface area contributed by atoms with Crippen molar-refractivity contribution in [1.82, 2.24) is 0 Å². The maximum atomic E-state index is 12.4. The van der Waals surface area contributed by atoms with Crippen molar-refractivity contribution in [2.75, 3.05) is 22.4 Å². The number of hydrogen-bond donors (Lipinski definition) is 1. The van der Waals surface area contributed by atoms with Crippen molar-refractivity contribution in [2.45, 2.75) is 26.7 Å². The average Bonchev–Trinajstić information content (AvgIpc) is 2.84. The van der Waals surface area contributed by atoms with Crippen LogP contribution in [0.15, 0.2) is 28.7 Å². The van der Waals surface area contributed by atoms with Crippen LogP contribution in [0.2, 0.25) is 0 Å². The van der Waals surface area contributed by atoms with E-state index in [1.54, 1.807) is 32.0 Å². The van der Waals surface area contributed by atoms with Crippen LogP contribution in [-0.2, 0) is 16.4 Å². The second-order valence-electron chi connectivity index (χ2n) is 6.06. The van der Waals surface area contributed by atoms with Gasteiger partial charge in [-0.3, -0.25) is 9.10 Å². The number of nitrogens with one attached hydrogen (secondary N) is 1. The van der Waals surface area contributed by atoms with Gasteiger partial charge in [0.25, 0.3) is 5.91 Å². The minimum atomic E-state index is -3.33. The molecule has 6 nitrogen and oxygen atoms in total. The van der Waals surface area contributed by atoms with Crippen molar-refractivity contribution >= 4 is 27.3 Å². The predicted molar refractivity (Wildman–Crippen MR) is 93.1 cm³/mol. The maximum absolute atomic E-state index is 12.4. The Morgan fingerprint density at radius 2 is 2.00 bits per heavy atom. The highest BCUT2D eigenvalue weighted by Gasteiger charge is 2.24. The third-order valence-corrected chi connectivity index (χ3v) is 5.29. The largest absolute Gasteiger partial charge is 0.466 e. The summed E-state index contributed by atoms with van der Waals surface area (Å²) in [6, 6.07) is 7.07. The molecule has 1 aromatic heterocycles. The van der Waals surface area contributed by atoms with E-state index in [2.05, 4.69) is 5.32 Å². The lowest BCUT2D eigenvalue weighted by molar-refractivity contribution is 0.102. The number of rotatable bonds is 3. The molecule has 2 aromatic rings. The zero-order valence-electron chi connectivity index (χ0n) is 13.9. The van der Waals surface area contributed by atoms with Gasteiger partial charge in [0, 0.05) is 12.2 Å². The number of hydrogen-bond acceptors (Lipinski definition) is 4. The number of nitrogens with zero attached hydrogens (tertiary/aromatic N) is 1. The Bertz CT molecular complexity index is 899. The number of carbonyl (C=O) groups is 1. The lowest BCUT2D eigenvalue weighted by Crippen LogP contribution is -2.34. The SMILES string of the molecule is Cc1cc(C(=O)Nc2ccc3c(c2)N(S(C)(=O)=O)CCC3)c(C)o1. The van der Waals surface area contributed by atoms with E-state index in [1.807, 2.05) is 6.07 Å². The topological polar surface area (TPSA) is 79.6 Å². The number of amides is 1. The van der Waals surface area contributed by atoms with E-state index in [4.69, 9.17) is 4.42 Å². The average molecular weight is 348 g/mol. The van der Waals surface area contributed by atoms with Gasteiger partial charge in [-0.1, -0.05) is 6.07 Å². The fraction of sp³-hybridized carbons (Fsp3) is 0.353. The van der Waals surface area contributed by atoms with Crippen molar-refractivity contribution in [3.63, 3.8) is 0 Å². The van der Waals surface area contributed by atoms with Gasteiger partial charge in [0.15, 0.2) is 0 Å². The van der Waals surface area contributed by atoms with Gasteiger partial charge in [-0.2, -0.15) is 0 Å². The molecule has 128 valence electrons. The molecule has 1 N–H and O–H groups in total. The first-order valence-electron chi connectivity index (χ1n) is 7.75. The number of aryl methyl sites for hydroxylation is 3.